The Bertz CT molecular complexity index is 859. The van der Waals surface area contributed by atoms with E-state index >= 15 is 0 Å². The smallest absolute Gasteiger partial charge is 0.377 e. The summed E-state index contributed by atoms with van der Waals surface area (Å²) in [6.07, 6.45) is -10.5. The van der Waals surface area contributed by atoms with Crippen molar-refractivity contribution in [3.05, 3.63) is 16.4 Å². The molecule has 1 aliphatic rings. The molecule has 0 saturated carbocycles. The van der Waals surface area contributed by atoms with Crippen LogP contribution in [0.4, 0.5) is 26.3 Å². The molecule has 6 nitrogen and oxygen atoms in total. The van der Waals surface area contributed by atoms with Crippen molar-refractivity contribution in [1.29, 1.82) is 0 Å². The maximum atomic E-state index is 13.6. The van der Waals surface area contributed by atoms with Crippen LogP contribution in [0.5, 0.6) is 0 Å². The molecule has 0 radical (unpaired) electrons. The highest BCUT2D eigenvalue weighted by atomic mass is 32.1. The molecule has 1 atom stereocenters. The fraction of sp³-hybridized carbons (Fsp3) is 0.667. The predicted molar refractivity (Wildman–Crippen MR) is 85.4 cm³/mol. The zero-order valence-electron chi connectivity index (χ0n) is 14.6. The Balaban J connectivity index is 1.80. The minimum absolute atomic E-state index is 0.00893. The summed E-state index contributed by atoms with van der Waals surface area (Å²) in [5.74, 6) is -1.02. The Morgan fingerprint density at radius 1 is 1.25 bits per heavy atom. The van der Waals surface area contributed by atoms with Crippen LogP contribution in [0.15, 0.2) is 0 Å². The van der Waals surface area contributed by atoms with Gasteiger partial charge in [0, 0.05) is 26.5 Å². The fourth-order valence-corrected chi connectivity index (χ4v) is 4.04. The van der Waals surface area contributed by atoms with E-state index < -0.39 is 42.8 Å². The number of alkyl halides is 6. The molecule has 13 heteroatoms. The highest BCUT2D eigenvalue weighted by Crippen LogP contribution is 2.36. The SMILES string of the molecule is COCc1nn2c(C(F)(F)F)c(CN3C[C@H](CCC(F)(F)F)CC3=O)nc2s1. The van der Waals surface area contributed by atoms with Gasteiger partial charge in [-0.2, -0.15) is 36.0 Å². The summed E-state index contributed by atoms with van der Waals surface area (Å²) in [6.45, 7) is -0.419. The van der Waals surface area contributed by atoms with Crippen molar-refractivity contribution in [1.82, 2.24) is 19.5 Å². The van der Waals surface area contributed by atoms with Gasteiger partial charge >= 0.3 is 12.4 Å². The zero-order valence-corrected chi connectivity index (χ0v) is 15.4. The number of likely N-dealkylation sites (tertiary alicyclic amines) is 1. The first-order chi connectivity index (χ1) is 13.0. The lowest BCUT2D eigenvalue weighted by Crippen LogP contribution is -2.27. The quantitative estimate of drug-likeness (QED) is 0.657. The van der Waals surface area contributed by atoms with Gasteiger partial charge in [-0.25, -0.2) is 4.98 Å². The lowest BCUT2D eigenvalue weighted by atomic mass is 10.0. The highest BCUT2D eigenvalue weighted by molar-refractivity contribution is 7.16. The van der Waals surface area contributed by atoms with Crippen molar-refractivity contribution in [2.75, 3.05) is 13.7 Å². The largest absolute Gasteiger partial charge is 0.435 e. The molecule has 2 aromatic rings. The van der Waals surface area contributed by atoms with Gasteiger partial charge in [0.15, 0.2) is 5.69 Å². The van der Waals surface area contributed by atoms with Gasteiger partial charge in [-0.1, -0.05) is 11.3 Å². The Labute approximate surface area is 159 Å². The van der Waals surface area contributed by atoms with Crippen LogP contribution in [0.1, 0.15) is 35.7 Å². The lowest BCUT2D eigenvalue weighted by Gasteiger charge is -2.17. The number of imidazole rings is 1. The van der Waals surface area contributed by atoms with Crippen molar-refractivity contribution >= 4 is 22.2 Å². The second-order valence-electron chi connectivity index (χ2n) is 6.53. The Kier molecular flexibility index (Phi) is 5.58. The van der Waals surface area contributed by atoms with E-state index in [0.717, 1.165) is 16.2 Å². The van der Waals surface area contributed by atoms with Gasteiger partial charge in [0.05, 0.1) is 18.8 Å². The van der Waals surface area contributed by atoms with E-state index in [2.05, 4.69) is 10.1 Å². The minimum atomic E-state index is -4.76. The first-order valence-corrected chi connectivity index (χ1v) is 9.07. The van der Waals surface area contributed by atoms with Gasteiger partial charge in [0.25, 0.3) is 0 Å². The average molecular weight is 430 g/mol. The van der Waals surface area contributed by atoms with Crippen molar-refractivity contribution in [2.45, 2.75) is 44.8 Å². The van der Waals surface area contributed by atoms with Crippen LogP contribution in [-0.2, 0) is 28.9 Å². The summed E-state index contributed by atoms with van der Waals surface area (Å²) in [5.41, 5.74) is -1.47. The third-order valence-electron chi connectivity index (χ3n) is 4.33. The number of fused-ring (bicyclic) bond motifs is 1. The first-order valence-electron chi connectivity index (χ1n) is 8.26. The van der Waals surface area contributed by atoms with Gasteiger partial charge in [0.2, 0.25) is 10.9 Å². The molecular formula is C15H16F6N4O2S. The second-order valence-corrected chi connectivity index (χ2v) is 7.57. The number of hydrogen-bond acceptors (Lipinski definition) is 5. The maximum Gasteiger partial charge on any atom is 0.435 e. The molecule has 3 heterocycles. The first kappa shape index (κ1) is 20.8. The van der Waals surface area contributed by atoms with Gasteiger partial charge < -0.3 is 9.64 Å². The van der Waals surface area contributed by atoms with E-state index in [-0.39, 0.29) is 36.6 Å². The minimum Gasteiger partial charge on any atom is -0.377 e. The summed E-state index contributed by atoms with van der Waals surface area (Å²) < 4.78 is 83.2. The Morgan fingerprint density at radius 2 is 1.96 bits per heavy atom. The third-order valence-corrected chi connectivity index (χ3v) is 5.21. The normalized spacial score (nSPS) is 18.6. The van der Waals surface area contributed by atoms with Crippen molar-refractivity contribution in [3.63, 3.8) is 0 Å². The number of rotatable bonds is 6. The lowest BCUT2D eigenvalue weighted by molar-refractivity contribution is -0.144. The van der Waals surface area contributed by atoms with E-state index in [1.807, 2.05) is 0 Å². The number of carbonyl (C=O) groups excluding carboxylic acids is 1. The van der Waals surface area contributed by atoms with Crippen molar-refractivity contribution in [2.24, 2.45) is 5.92 Å². The van der Waals surface area contributed by atoms with E-state index in [0.29, 0.717) is 9.52 Å². The summed E-state index contributed by atoms with van der Waals surface area (Å²) in [7, 11) is 1.38. The van der Waals surface area contributed by atoms with Crippen molar-refractivity contribution in [3.8, 4) is 0 Å². The molecule has 0 N–H and O–H groups in total. The summed E-state index contributed by atoms with van der Waals surface area (Å²) in [5, 5.41) is 4.17. The second kappa shape index (κ2) is 7.50. The zero-order chi connectivity index (χ0) is 20.7. The molecule has 2 aromatic heterocycles. The maximum absolute atomic E-state index is 13.6. The number of aromatic nitrogens is 3. The van der Waals surface area contributed by atoms with Crippen LogP contribution < -0.4 is 0 Å². The van der Waals surface area contributed by atoms with Crippen LogP contribution in [0.25, 0.3) is 4.96 Å². The summed E-state index contributed by atoms with van der Waals surface area (Å²) in [4.78, 5) is 17.2. The van der Waals surface area contributed by atoms with E-state index in [1.54, 1.807) is 0 Å². The topological polar surface area (TPSA) is 59.7 Å². The van der Waals surface area contributed by atoms with Crippen LogP contribution in [0.3, 0.4) is 0 Å². The van der Waals surface area contributed by atoms with Crippen LogP contribution >= 0.6 is 11.3 Å². The van der Waals surface area contributed by atoms with E-state index in [9.17, 15) is 31.1 Å². The standard InChI is InChI=1S/C15H16F6N4O2S/c1-27-7-10-23-25-12(15(19,20)21)9(22-13(25)28-10)6-24-5-8(4-11(24)26)2-3-14(16,17)18/h8H,2-7H2,1H3/t8-/m1/s1. The number of ether oxygens (including phenoxy) is 1. The number of hydrogen-bond donors (Lipinski definition) is 0. The average Bonchev–Trinajstić information content (AvgIpc) is 3.17. The van der Waals surface area contributed by atoms with Crippen molar-refractivity contribution < 1.29 is 35.9 Å². The molecule has 0 bridgehead atoms. The molecule has 0 unspecified atom stereocenters. The fourth-order valence-electron chi connectivity index (χ4n) is 3.15. The Morgan fingerprint density at radius 3 is 2.57 bits per heavy atom. The van der Waals surface area contributed by atoms with Gasteiger partial charge in [-0.15, -0.1) is 0 Å². The molecule has 3 rings (SSSR count). The predicted octanol–water partition coefficient (Wildman–Crippen LogP) is 3.65. The molecular weight excluding hydrogens is 414 g/mol. The van der Waals surface area contributed by atoms with Crippen LogP contribution in [-0.4, -0.2) is 45.2 Å². The Hall–Kier alpha value is -1.89. The third kappa shape index (κ3) is 4.57. The number of halogens is 6. The number of amides is 1. The molecule has 1 fully saturated rings. The molecule has 0 aromatic carbocycles. The van der Waals surface area contributed by atoms with E-state index in [1.165, 1.54) is 7.11 Å². The van der Waals surface area contributed by atoms with E-state index in [4.69, 9.17) is 4.74 Å². The monoisotopic (exact) mass is 430 g/mol. The molecule has 0 spiro atoms. The molecule has 156 valence electrons. The summed E-state index contributed by atoms with van der Waals surface area (Å²) >= 11 is 0.930. The molecule has 1 amide bonds. The van der Waals surface area contributed by atoms with Crippen LogP contribution in [0.2, 0.25) is 0 Å². The molecule has 1 saturated heterocycles. The number of nitrogens with zero attached hydrogens (tertiary/aromatic N) is 4. The number of carbonyl (C=O) groups is 1. The molecule has 1 aliphatic heterocycles. The number of methoxy groups -OCH3 is 1. The van der Waals surface area contributed by atoms with Gasteiger partial charge in [0.1, 0.15) is 5.01 Å². The van der Waals surface area contributed by atoms with Gasteiger partial charge in [-0.05, 0) is 12.3 Å². The van der Waals surface area contributed by atoms with Crippen LogP contribution in [0, 0.1) is 5.92 Å². The molecule has 0 aliphatic carbocycles. The molecule has 28 heavy (non-hydrogen) atoms. The highest BCUT2D eigenvalue weighted by Gasteiger charge is 2.41. The summed E-state index contributed by atoms with van der Waals surface area (Å²) in [6, 6.07) is 0. The van der Waals surface area contributed by atoms with Gasteiger partial charge in [-0.3, -0.25) is 4.79 Å².